The Balaban J connectivity index is 1.74. The summed E-state index contributed by atoms with van der Waals surface area (Å²) in [6.07, 6.45) is 12.3. The molecule has 1 N–H and O–H groups in total. The fourth-order valence-electron chi connectivity index (χ4n) is 3.01. The van der Waals surface area contributed by atoms with Gasteiger partial charge in [0, 0.05) is 6.42 Å². The van der Waals surface area contributed by atoms with Crippen molar-refractivity contribution in [3.8, 4) is 5.75 Å². The van der Waals surface area contributed by atoms with Gasteiger partial charge in [-0.2, -0.15) is 0 Å². The molecule has 0 saturated carbocycles. The van der Waals surface area contributed by atoms with E-state index in [4.69, 9.17) is 4.42 Å². The maximum absolute atomic E-state index is 12.0. The molecule has 2 aromatic rings. The van der Waals surface area contributed by atoms with Gasteiger partial charge in [0.15, 0.2) is 0 Å². The Bertz CT molecular complexity index is 657. The monoisotopic (exact) mass is 316 g/mol. The van der Waals surface area contributed by atoms with E-state index in [-0.39, 0.29) is 11.1 Å². The van der Waals surface area contributed by atoms with Crippen molar-refractivity contribution in [2.75, 3.05) is 0 Å². The quantitative estimate of drug-likeness (QED) is 0.583. The Morgan fingerprint density at radius 3 is 2.30 bits per heavy atom. The van der Waals surface area contributed by atoms with E-state index in [0.29, 0.717) is 0 Å². The SMILES string of the molecule is CCCCCCCCCCCc1cc2cccc(O)c2c(=O)o1. The Hall–Kier alpha value is -1.77. The minimum absolute atomic E-state index is 0.00845. The highest BCUT2D eigenvalue weighted by atomic mass is 16.4. The van der Waals surface area contributed by atoms with Crippen LogP contribution in [0.25, 0.3) is 10.8 Å². The molecule has 1 aromatic carbocycles. The van der Waals surface area contributed by atoms with Gasteiger partial charge in [0.1, 0.15) is 16.9 Å². The minimum Gasteiger partial charge on any atom is -0.507 e. The molecule has 23 heavy (non-hydrogen) atoms. The smallest absolute Gasteiger partial charge is 0.347 e. The second kappa shape index (κ2) is 9.39. The number of fused-ring (bicyclic) bond motifs is 1. The first-order valence-corrected chi connectivity index (χ1v) is 8.97. The molecule has 2 rings (SSSR count). The highest BCUT2D eigenvalue weighted by molar-refractivity contribution is 5.86. The molecule has 3 heteroatoms. The van der Waals surface area contributed by atoms with Crippen LogP contribution in [0.4, 0.5) is 0 Å². The molecule has 0 fully saturated rings. The highest BCUT2D eigenvalue weighted by Gasteiger charge is 2.08. The number of rotatable bonds is 10. The summed E-state index contributed by atoms with van der Waals surface area (Å²) in [6.45, 7) is 2.24. The van der Waals surface area contributed by atoms with Crippen LogP contribution in [0, 0.1) is 0 Å². The van der Waals surface area contributed by atoms with Gasteiger partial charge >= 0.3 is 5.63 Å². The first-order chi connectivity index (χ1) is 11.2. The van der Waals surface area contributed by atoms with Crippen molar-refractivity contribution in [2.45, 2.75) is 71.1 Å². The number of hydrogen-bond acceptors (Lipinski definition) is 3. The normalized spacial score (nSPS) is 11.2. The molecule has 0 spiro atoms. The number of aryl methyl sites for hydroxylation is 1. The van der Waals surface area contributed by atoms with E-state index in [9.17, 15) is 9.90 Å². The molecule has 3 nitrogen and oxygen atoms in total. The van der Waals surface area contributed by atoms with Crippen LogP contribution in [0.3, 0.4) is 0 Å². The van der Waals surface area contributed by atoms with E-state index in [0.717, 1.165) is 24.0 Å². The second-order valence-corrected chi connectivity index (χ2v) is 6.32. The molecular weight excluding hydrogens is 288 g/mol. The molecule has 0 aliphatic carbocycles. The van der Waals surface area contributed by atoms with Crippen LogP contribution >= 0.6 is 0 Å². The standard InChI is InChI=1S/C20H28O3/c1-2-3-4-5-6-7-8-9-10-13-17-15-16-12-11-14-18(21)19(16)20(22)23-17/h11-12,14-15,21H,2-10,13H2,1H3. The third kappa shape index (κ3) is 5.42. The third-order valence-electron chi connectivity index (χ3n) is 4.35. The van der Waals surface area contributed by atoms with E-state index in [1.54, 1.807) is 6.07 Å². The summed E-state index contributed by atoms with van der Waals surface area (Å²) in [5.41, 5.74) is -0.438. The van der Waals surface area contributed by atoms with Crippen molar-refractivity contribution in [3.63, 3.8) is 0 Å². The van der Waals surface area contributed by atoms with Crippen molar-refractivity contribution in [2.24, 2.45) is 0 Å². The zero-order valence-electron chi connectivity index (χ0n) is 14.1. The molecule has 126 valence electrons. The van der Waals surface area contributed by atoms with Crippen molar-refractivity contribution in [3.05, 3.63) is 40.4 Å². The average molecular weight is 316 g/mol. The summed E-state index contributed by atoms with van der Waals surface area (Å²) in [5.74, 6) is 0.710. The topological polar surface area (TPSA) is 50.4 Å². The first-order valence-electron chi connectivity index (χ1n) is 8.97. The number of aromatic hydroxyl groups is 1. The predicted octanol–water partition coefficient (Wildman–Crippen LogP) is 5.57. The first kappa shape index (κ1) is 17.6. The average Bonchev–Trinajstić information content (AvgIpc) is 2.53. The van der Waals surface area contributed by atoms with Crippen LogP contribution < -0.4 is 5.63 Å². The van der Waals surface area contributed by atoms with Gasteiger partial charge in [0.05, 0.1) is 0 Å². The molecular formula is C20H28O3. The number of phenols is 1. The lowest BCUT2D eigenvalue weighted by Crippen LogP contribution is -2.02. The van der Waals surface area contributed by atoms with Crippen LogP contribution in [0.15, 0.2) is 33.5 Å². The summed E-state index contributed by atoms with van der Waals surface area (Å²) in [7, 11) is 0. The maximum atomic E-state index is 12.0. The van der Waals surface area contributed by atoms with Gasteiger partial charge < -0.3 is 9.52 Å². The molecule has 1 aromatic heterocycles. The maximum Gasteiger partial charge on any atom is 0.347 e. The van der Waals surface area contributed by atoms with Crippen molar-refractivity contribution in [1.82, 2.24) is 0 Å². The molecule has 0 radical (unpaired) electrons. The summed E-state index contributed by atoms with van der Waals surface area (Å²) >= 11 is 0. The fraction of sp³-hybridized carbons (Fsp3) is 0.550. The molecule has 0 amide bonds. The van der Waals surface area contributed by atoms with Crippen molar-refractivity contribution >= 4 is 10.8 Å². The van der Waals surface area contributed by atoms with E-state index < -0.39 is 5.63 Å². The summed E-state index contributed by atoms with van der Waals surface area (Å²) in [6, 6.07) is 6.98. The lowest BCUT2D eigenvalue weighted by atomic mass is 10.1. The lowest BCUT2D eigenvalue weighted by molar-refractivity contribution is 0.446. The van der Waals surface area contributed by atoms with E-state index in [1.165, 1.54) is 57.4 Å². The zero-order chi connectivity index (χ0) is 16.5. The fourth-order valence-corrected chi connectivity index (χ4v) is 3.01. The van der Waals surface area contributed by atoms with Crippen LogP contribution in [0.1, 0.15) is 70.5 Å². The Kier molecular flexibility index (Phi) is 7.18. The third-order valence-corrected chi connectivity index (χ3v) is 4.35. The van der Waals surface area contributed by atoms with Gasteiger partial charge in [0.2, 0.25) is 0 Å². The Labute approximate surface area is 138 Å². The van der Waals surface area contributed by atoms with Crippen molar-refractivity contribution < 1.29 is 9.52 Å². The van der Waals surface area contributed by atoms with E-state index >= 15 is 0 Å². The molecule has 1 heterocycles. The molecule has 0 bridgehead atoms. The van der Waals surface area contributed by atoms with Crippen LogP contribution in [-0.2, 0) is 6.42 Å². The number of phenolic OH excluding ortho intramolecular Hbond substituents is 1. The van der Waals surface area contributed by atoms with Crippen molar-refractivity contribution in [1.29, 1.82) is 0 Å². The summed E-state index contributed by atoms with van der Waals surface area (Å²) < 4.78 is 5.33. The Morgan fingerprint density at radius 2 is 1.61 bits per heavy atom. The summed E-state index contributed by atoms with van der Waals surface area (Å²) in [4.78, 5) is 12.0. The summed E-state index contributed by atoms with van der Waals surface area (Å²) in [5, 5.41) is 10.8. The second-order valence-electron chi connectivity index (χ2n) is 6.32. The van der Waals surface area contributed by atoms with Crippen LogP contribution in [0.2, 0.25) is 0 Å². The van der Waals surface area contributed by atoms with Crippen LogP contribution in [0.5, 0.6) is 5.75 Å². The highest BCUT2D eigenvalue weighted by Crippen LogP contribution is 2.22. The molecule has 0 aliphatic rings. The van der Waals surface area contributed by atoms with Crippen LogP contribution in [-0.4, -0.2) is 5.11 Å². The number of benzene rings is 1. The predicted molar refractivity (Wildman–Crippen MR) is 95.1 cm³/mol. The van der Waals surface area contributed by atoms with Gasteiger partial charge in [0.25, 0.3) is 0 Å². The van der Waals surface area contributed by atoms with E-state index in [1.807, 2.05) is 12.1 Å². The van der Waals surface area contributed by atoms with Gasteiger partial charge in [-0.05, 0) is 23.9 Å². The molecule has 0 aliphatic heterocycles. The number of hydrogen-bond donors (Lipinski definition) is 1. The minimum atomic E-state index is -0.438. The van der Waals surface area contributed by atoms with Gasteiger partial charge in [-0.1, -0.05) is 70.4 Å². The van der Waals surface area contributed by atoms with Gasteiger partial charge in [-0.15, -0.1) is 0 Å². The molecule has 0 saturated heterocycles. The molecule has 0 atom stereocenters. The van der Waals surface area contributed by atoms with Gasteiger partial charge in [-0.25, -0.2) is 4.79 Å². The molecule has 0 unspecified atom stereocenters. The lowest BCUT2D eigenvalue weighted by Gasteiger charge is -2.04. The van der Waals surface area contributed by atoms with E-state index in [2.05, 4.69) is 6.92 Å². The largest absolute Gasteiger partial charge is 0.507 e. The van der Waals surface area contributed by atoms with Gasteiger partial charge in [-0.3, -0.25) is 0 Å². The number of unbranched alkanes of at least 4 members (excludes halogenated alkanes) is 8. The zero-order valence-corrected chi connectivity index (χ0v) is 14.1. The Morgan fingerprint density at radius 1 is 0.957 bits per heavy atom.